The summed E-state index contributed by atoms with van der Waals surface area (Å²) in [5.74, 6) is -0.960. The molecule has 1 unspecified atom stereocenters. The molecule has 0 bridgehead atoms. The van der Waals surface area contributed by atoms with Crippen LogP contribution in [0.3, 0.4) is 0 Å². The number of aliphatic carboxylic acids is 1. The molecule has 6 heteroatoms. The number of hydrogen-bond donors (Lipinski definition) is 2. The van der Waals surface area contributed by atoms with Crippen LogP contribution >= 0.6 is 0 Å². The third-order valence-electron chi connectivity index (χ3n) is 5.39. The largest absolute Gasteiger partial charge is 0.481 e. The lowest BCUT2D eigenvalue weighted by atomic mass is 10.0. The Bertz CT molecular complexity index is 822. The smallest absolute Gasteiger partial charge is 0.305 e. The summed E-state index contributed by atoms with van der Waals surface area (Å²) in [5.41, 5.74) is 3.61. The van der Waals surface area contributed by atoms with Crippen LogP contribution < -0.4 is 5.32 Å². The highest BCUT2D eigenvalue weighted by Gasteiger charge is 2.16. The lowest BCUT2D eigenvalue weighted by Crippen LogP contribution is -2.42. The number of benzene rings is 2. The summed E-state index contributed by atoms with van der Waals surface area (Å²) in [6.45, 7) is 1.89. The van der Waals surface area contributed by atoms with Crippen molar-refractivity contribution in [2.75, 3.05) is 27.2 Å². The number of carboxylic acids is 1. The normalized spacial score (nSPS) is 12.0. The highest BCUT2D eigenvalue weighted by atomic mass is 16.5. The molecule has 2 rings (SSSR count). The van der Waals surface area contributed by atoms with Crippen molar-refractivity contribution in [3.8, 4) is 11.1 Å². The average Bonchev–Trinajstić information content (AvgIpc) is 2.78. The number of unbranched alkanes of at least 4 members (excludes halogenated alkanes) is 4. The summed E-state index contributed by atoms with van der Waals surface area (Å²) in [4.78, 5) is 24.9. The van der Waals surface area contributed by atoms with Gasteiger partial charge in [-0.1, -0.05) is 73.9 Å². The highest BCUT2D eigenvalue weighted by molar-refractivity contribution is 5.77. The van der Waals surface area contributed by atoms with Gasteiger partial charge in [0.05, 0.1) is 19.1 Å². The van der Waals surface area contributed by atoms with Crippen LogP contribution in [-0.4, -0.2) is 55.2 Å². The predicted molar refractivity (Wildman–Crippen MR) is 132 cm³/mol. The first-order valence-electron chi connectivity index (χ1n) is 11.8. The van der Waals surface area contributed by atoms with Crippen LogP contribution in [0, 0.1) is 0 Å². The Morgan fingerprint density at radius 1 is 0.909 bits per heavy atom. The molecule has 33 heavy (non-hydrogen) atoms. The van der Waals surface area contributed by atoms with E-state index in [-0.39, 0.29) is 18.4 Å². The molecule has 0 radical (unpaired) electrons. The number of nitrogens with one attached hydrogen (secondary N) is 1. The number of nitrogens with zero attached hydrogens (tertiary/aromatic N) is 1. The van der Waals surface area contributed by atoms with E-state index in [1.54, 1.807) is 0 Å². The Morgan fingerprint density at radius 3 is 2.21 bits per heavy atom. The third-order valence-corrected chi connectivity index (χ3v) is 5.39. The van der Waals surface area contributed by atoms with Crippen molar-refractivity contribution >= 4 is 11.9 Å². The fourth-order valence-electron chi connectivity index (χ4n) is 3.75. The summed E-state index contributed by atoms with van der Waals surface area (Å²) in [6, 6.07) is 18.5. The van der Waals surface area contributed by atoms with Gasteiger partial charge in [0, 0.05) is 19.6 Å². The minimum absolute atomic E-state index is 0.0545. The zero-order valence-electron chi connectivity index (χ0n) is 20.0. The number of carboxylic acid groups (broad SMARTS) is 1. The van der Waals surface area contributed by atoms with Crippen LogP contribution in [0.4, 0.5) is 0 Å². The minimum Gasteiger partial charge on any atom is -0.481 e. The molecule has 0 heterocycles. The molecule has 0 saturated carbocycles. The second-order valence-corrected chi connectivity index (χ2v) is 8.76. The Labute approximate surface area is 198 Å². The zero-order valence-corrected chi connectivity index (χ0v) is 20.0. The molecule has 0 aliphatic carbocycles. The minimum atomic E-state index is -0.895. The molecule has 1 amide bonds. The molecule has 0 fully saturated rings. The second-order valence-electron chi connectivity index (χ2n) is 8.76. The quantitative estimate of drug-likeness (QED) is 0.359. The second kappa shape index (κ2) is 15.2. The van der Waals surface area contributed by atoms with E-state index < -0.39 is 5.97 Å². The van der Waals surface area contributed by atoms with Gasteiger partial charge < -0.3 is 20.1 Å². The summed E-state index contributed by atoms with van der Waals surface area (Å²) >= 11 is 0. The molecule has 0 aliphatic rings. The van der Waals surface area contributed by atoms with E-state index in [1.807, 2.05) is 37.2 Å². The lowest BCUT2D eigenvalue weighted by molar-refractivity contribution is -0.137. The average molecular weight is 455 g/mol. The predicted octanol–water partition coefficient (Wildman–Crippen LogP) is 4.73. The summed E-state index contributed by atoms with van der Waals surface area (Å²) < 4.78 is 5.80. The van der Waals surface area contributed by atoms with E-state index in [9.17, 15) is 9.59 Å². The van der Waals surface area contributed by atoms with Gasteiger partial charge in [-0.2, -0.15) is 0 Å². The van der Waals surface area contributed by atoms with Crippen LogP contribution in [-0.2, 0) is 20.9 Å². The van der Waals surface area contributed by atoms with E-state index in [0.29, 0.717) is 19.6 Å². The maximum atomic E-state index is 12.1. The van der Waals surface area contributed by atoms with Gasteiger partial charge in [-0.05, 0) is 43.6 Å². The molecular weight excluding hydrogens is 416 g/mol. The van der Waals surface area contributed by atoms with Crippen molar-refractivity contribution < 1.29 is 19.4 Å². The van der Waals surface area contributed by atoms with Gasteiger partial charge in [0.25, 0.3) is 0 Å². The molecule has 1 atom stereocenters. The number of rotatable bonds is 16. The van der Waals surface area contributed by atoms with E-state index in [4.69, 9.17) is 9.84 Å². The Kier molecular flexibility index (Phi) is 12.2. The van der Waals surface area contributed by atoms with Crippen molar-refractivity contribution in [2.45, 2.75) is 57.6 Å². The molecule has 2 N–H and O–H groups in total. The van der Waals surface area contributed by atoms with Gasteiger partial charge in [0.1, 0.15) is 0 Å². The standard InChI is InChI=1S/C27H38N2O4/c1-29(2)20-25(19-27(31)32)28-26(30)13-9-4-3-5-10-18-33-21-22-14-16-24(17-15-22)23-11-7-6-8-12-23/h6-8,11-12,14-17,25H,3-5,9-10,13,18-21H2,1-2H3,(H,28,30)(H,31,32). The van der Waals surface area contributed by atoms with Gasteiger partial charge in [0.15, 0.2) is 0 Å². The Balaban J connectivity index is 1.50. The van der Waals surface area contributed by atoms with Gasteiger partial charge in [0.2, 0.25) is 5.91 Å². The van der Waals surface area contributed by atoms with Crippen molar-refractivity contribution in [2.24, 2.45) is 0 Å². The monoisotopic (exact) mass is 454 g/mol. The van der Waals surface area contributed by atoms with Gasteiger partial charge in [-0.15, -0.1) is 0 Å². The van der Waals surface area contributed by atoms with Gasteiger partial charge in [-0.25, -0.2) is 0 Å². The zero-order chi connectivity index (χ0) is 23.9. The van der Waals surface area contributed by atoms with Crippen LogP contribution in [0.15, 0.2) is 54.6 Å². The molecule has 2 aromatic rings. The van der Waals surface area contributed by atoms with Crippen LogP contribution in [0.5, 0.6) is 0 Å². The van der Waals surface area contributed by atoms with Crippen LogP contribution in [0.1, 0.15) is 50.5 Å². The molecule has 0 aliphatic heterocycles. The summed E-state index contributed by atoms with van der Waals surface area (Å²) in [7, 11) is 3.73. The number of likely N-dealkylation sites (N-methyl/N-ethyl adjacent to an activating group) is 1. The Morgan fingerprint density at radius 2 is 1.55 bits per heavy atom. The van der Waals surface area contributed by atoms with E-state index >= 15 is 0 Å². The van der Waals surface area contributed by atoms with Crippen LogP contribution in [0.25, 0.3) is 11.1 Å². The summed E-state index contributed by atoms with van der Waals surface area (Å²) in [5, 5.41) is 11.8. The molecule has 0 spiro atoms. The molecule has 2 aromatic carbocycles. The molecule has 0 saturated heterocycles. The fourth-order valence-corrected chi connectivity index (χ4v) is 3.75. The van der Waals surface area contributed by atoms with E-state index in [0.717, 1.165) is 38.7 Å². The van der Waals surface area contributed by atoms with Crippen molar-refractivity contribution in [3.05, 3.63) is 60.2 Å². The first-order chi connectivity index (χ1) is 15.9. The van der Waals surface area contributed by atoms with Crippen molar-refractivity contribution in [1.82, 2.24) is 10.2 Å². The van der Waals surface area contributed by atoms with Gasteiger partial charge in [-0.3, -0.25) is 9.59 Å². The molecule has 180 valence electrons. The molecule has 0 aromatic heterocycles. The summed E-state index contributed by atoms with van der Waals surface area (Å²) in [6.07, 6.45) is 5.36. The van der Waals surface area contributed by atoms with Gasteiger partial charge >= 0.3 is 5.97 Å². The number of carbonyl (C=O) groups excluding carboxylic acids is 1. The topological polar surface area (TPSA) is 78.9 Å². The maximum absolute atomic E-state index is 12.1. The SMILES string of the molecule is CN(C)CC(CC(=O)O)NC(=O)CCCCCCCOCc1ccc(-c2ccccc2)cc1. The first kappa shape index (κ1) is 26.6. The van der Waals surface area contributed by atoms with E-state index in [1.165, 1.54) is 16.7 Å². The number of carbonyl (C=O) groups is 2. The number of hydrogen-bond acceptors (Lipinski definition) is 4. The Hall–Kier alpha value is -2.70. The molecule has 6 nitrogen and oxygen atoms in total. The highest BCUT2D eigenvalue weighted by Crippen LogP contribution is 2.19. The maximum Gasteiger partial charge on any atom is 0.305 e. The third kappa shape index (κ3) is 11.6. The lowest BCUT2D eigenvalue weighted by Gasteiger charge is -2.20. The molecular formula is C27H38N2O4. The van der Waals surface area contributed by atoms with Crippen LogP contribution in [0.2, 0.25) is 0 Å². The van der Waals surface area contributed by atoms with Crippen molar-refractivity contribution in [3.63, 3.8) is 0 Å². The number of ether oxygens (including phenoxy) is 1. The first-order valence-corrected chi connectivity index (χ1v) is 11.8. The van der Waals surface area contributed by atoms with Crippen molar-refractivity contribution in [1.29, 1.82) is 0 Å². The van der Waals surface area contributed by atoms with E-state index in [2.05, 4.69) is 41.7 Å². The fraction of sp³-hybridized carbons (Fsp3) is 0.481. The number of amides is 1.